The third kappa shape index (κ3) is 2.49. The van der Waals surface area contributed by atoms with Crippen LogP contribution in [0.4, 0.5) is 0 Å². The zero-order valence-corrected chi connectivity index (χ0v) is 10.6. The molecule has 2 aromatic rings. The van der Waals surface area contributed by atoms with E-state index in [2.05, 4.69) is 0 Å². The van der Waals surface area contributed by atoms with Crippen LogP contribution >= 0.6 is 11.8 Å². The van der Waals surface area contributed by atoms with Gasteiger partial charge in [-0.25, -0.2) is 4.79 Å². The number of carbonyl (C=O) groups is 1. The number of benzene rings is 2. The van der Waals surface area contributed by atoms with Gasteiger partial charge in [-0.05, 0) is 41.6 Å². The first-order valence-electron chi connectivity index (χ1n) is 5.32. The van der Waals surface area contributed by atoms with Crippen molar-refractivity contribution in [2.24, 2.45) is 0 Å². The number of aromatic hydroxyl groups is 1. The van der Waals surface area contributed by atoms with Crippen molar-refractivity contribution < 1.29 is 15.0 Å². The molecule has 2 aromatic carbocycles. The Morgan fingerprint density at radius 2 is 1.67 bits per heavy atom. The van der Waals surface area contributed by atoms with Gasteiger partial charge in [0.1, 0.15) is 11.3 Å². The summed E-state index contributed by atoms with van der Waals surface area (Å²) in [6, 6.07) is 12.4. The molecule has 0 aromatic heterocycles. The van der Waals surface area contributed by atoms with E-state index in [1.165, 1.54) is 12.1 Å². The quantitative estimate of drug-likeness (QED) is 0.829. The van der Waals surface area contributed by atoms with E-state index in [1.54, 1.807) is 17.8 Å². The van der Waals surface area contributed by atoms with Crippen LogP contribution in [0.3, 0.4) is 0 Å². The van der Waals surface area contributed by atoms with Crippen molar-refractivity contribution in [3.8, 4) is 16.9 Å². The minimum absolute atomic E-state index is 0.0838. The van der Waals surface area contributed by atoms with Crippen LogP contribution in [0.5, 0.6) is 5.75 Å². The minimum atomic E-state index is -1.13. The average molecular weight is 260 g/mol. The highest BCUT2D eigenvalue weighted by atomic mass is 32.2. The monoisotopic (exact) mass is 260 g/mol. The molecule has 2 rings (SSSR count). The molecule has 4 heteroatoms. The van der Waals surface area contributed by atoms with Crippen LogP contribution in [-0.2, 0) is 0 Å². The molecular formula is C14H12O3S. The average Bonchev–Trinajstić information content (AvgIpc) is 2.38. The molecule has 0 amide bonds. The summed E-state index contributed by atoms with van der Waals surface area (Å²) in [4.78, 5) is 11.9. The van der Waals surface area contributed by atoms with Gasteiger partial charge in [0, 0.05) is 4.90 Å². The summed E-state index contributed by atoms with van der Waals surface area (Å²) in [5.41, 5.74) is 1.66. The molecule has 0 fully saturated rings. The number of aromatic carboxylic acids is 1. The van der Waals surface area contributed by atoms with Crippen LogP contribution in [0.1, 0.15) is 10.4 Å². The summed E-state index contributed by atoms with van der Waals surface area (Å²) in [5, 5.41) is 18.5. The number of rotatable bonds is 3. The highest BCUT2D eigenvalue weighted by molar-refractivity contribution is 7.98. The lowest BCUT2D eigenvalue weighted by Crippen LogP contribution is -1.96. The largest absolute Gasteiger partial charge is 0.507 e. The highest BCUT2D eigenvalue weighted by Gasteiger charge is 2.10. The van der Waals surface area contributed by atoms with E-state index >= 15 is 0 Å². The van der Waals surface area contributed by atoms with E-state index in [9.17, 15) is 9.90 Å². The fourth-order valence-electron chi connectivity index (χ4n) is 1.68. The Morgan fingerprint density at radius 3 is 2.17 bits per heavy atom. The standard InChI is InChI=1S/C14H12O3S/c1-18-11-5-2-9(3-6-11)10-4-7-12(14(16)17)13(15)8-10/h2-8,15H,1H3,(H,16,17). The van der Waals surface area contributed by atoms with Gasteiger partial charge in [-0.1, -0.05) is 18.2 Å². The van der Waals surface area contributed by atoms with E-state index < -0.39 is 5.97 Å². The van der Waals surface area contributed by atoms with Crippen LogP contribution in [0, 0.1) is 0 Å². The van der Waals surface area contributed by atoms with Gasteiger partial charge in [0.05, 0.1) is 0 Å². The minimum Gasteiger partial charge on any atom is -0.507 e. The van der Waals surface area contributed by atoms with Gasteiger partial charge >= 0.3 is 5.97 Å². The molecule has 0 heterocycles. The summed E-state index contributed by atoms with van der Waals surface area (Å²) < 4.78 is 0. The predicted molar refractivity (Wildman–Crippen MR) is 72.3 cm³/mol. The van der Waals surface area contributed by atoms with Crippen molar-refractivity contribution in [2.75, 3.05) is 6.26 Å². The van der Waals surface area contributed by atoms with E-state index in [0.717, 1.165) is 16.0 Å². The number of carboxylic acid groups (broad SMARTS) is 1. The molecule has 0 saturated carbocycles. The maximum absolute atomic E-state index is 10.8. The van der Waals surface area contributed by atoms with Crippen molar-refractivity contribution >= 4 is 17.7 Å². The topological polar surface area (TPSA) is 57.5 Å². The van der Waals surface area contributed by atoms with Crippen molar-refractivity contribution in [1.82, 2.24) is 0 Å². The number of phenols is 1. The smallest absolute Gasteiger partial charge is 0.339 e. The Hall–Kier alpha value is -1.94. The molecule has 0 atom stereocenters. The normalized spacial score (nSPS) is 10.3. The van der Waals surface area contributed by atoms with Crippen LogP contribution < -0.4 is 0 Å². The second kappa shape index (κ2) is 5.14. The molecule has 0 aliphatic carbocycles. The first-order valence-corrected chi connectivity index (χ1v) is 6.55. The van der Waals surface area contributed by atoms with E-state index in [-0.39, 0.29) is 11.3 Å². The molecule has 18 heavy (non-hydrogen) atoms. The summed E-state index contributed by atoms with van der Waals surface area (Å²) >= 11 is 1.66. The van der Waals surface area contributed by atoms with Crippen molar-refractivity contribution in [3.05, 3.63) is 48.0 Å². The molecule has 0 aliphatic rings. The third-order valence-corrected chi connectivity index (χ3v) is 3.40. The molecule has 0 bridgehead atoms. The number of hydrogen-bond donors (Lipinski definition) is 2. The maximum Gasteiger partial charge on any atom is 0.339 e. The second-order valence-corrected chi connectivity index (χ2v) is 4.65. The molecule has 0 spiro atoms. The van der Waals surface area contributed by atoms with Crippen LogP contribution in [-0.4, -0.2) is 22.4 Å². The van der Waals surface area contributed by atoms with E-state index in [0.29, 0.717) is 0 Å². The van der Waals surface area contributed by atoms with E-state index in [4.69, 9.17) is 5.11 Å². The molecule has 3 nitrogen and oxygen atoms in total. The summed E-state index contributed by atoms with van der Waals surface area (Å²) in [6.07, 6.45) is 2.00. The number of thioether (sulfide) groups is 1. The molecule has 2 N–H and O–H groups in total. The van der Waals surface area contributed by atoms with Gasteiger partial charge < -0.3 is 10.2 Å². The summed E-state index contributed by atoms with van der Waals surface area (Å²) in [7, 11) is 0. The molecular weight excluding hydrogens is 248 g/mol. The van der Waals surface area contributed by atoms with Gasteiger partial charge in [-0.2, -0.15) is 0 Å². The van der Waals surface area contributed by atoms with Crippen molar-refractivity contribution in [1.29, 1.82) is 0 Å². The Bertz CT molecular complexity index is 576. The fourth-order valence-corrected chi connectivity index (χ4v) is 2.08. The zero-order chi connectivity index (χ0) is 13.1. The number of hydrogen-bond acceptors (Lipinski definition) is 3. The van der Waals surface area contributed by atoms with Crippen LogP contribution in [0.25, 0.3) is 11.1 Å². The second-order valence-electron chi connectivity index (χ2n) is 3.77. The lowest BCUT2D eigenvalue weighted by atomic mass is 10.0. The van der Waals surface area contributed by atoms with Gasteiger partial charge in [-0.15, -0.1) is 11.8 Å². The SMILES string of the molecule is CSc1ccc(-c2ccc(C(=O)O)c(O)c2)cc1. The Morgan fingerprint density at radius 1 is 1.06 bits per heavy atom. The Labute approximate surface area is 109 Å². The van der Waals surface area contributed by atoms with Gasteiger partial charge in [0.15, 0.2) is 0 Å². The fraction of sp³-hybridized carbons (Fsp3) is 0.0714. The maximum atomic E-state index is 10.8. The molecule has 0 radical (unpaired) electrons. The molecule has 0 saturated heterocycles. The Balaban J connectivity index is 2.39. The lowest BCUT2D eigenvalue weighted by molar-refractivity contribution is 0.0694. The van der Waals surface area contributed by atoms with Gasteiger partial charge in [0.2, 0.25) is 0 Å². The zero-order valence-electron chi connectivity index (χ0n) is 9.75. The molecule has 0 unspecified atom stereocenters. The Kier molecular flexibility index (Phi) is 3.58. The first-order chi connectivity index (χ1) is 8.61. The predicted octanol–water partition coefficient (Wildman–Crippen LogP) is 3.48. The van der Waals surface area contributed by atoms with Crippen molar-refractivity contribution in [3.63, 3.8) is 0 Å². The van der Waals surface area contributed by atoms with Crippen molar-refractivity contribution in [2.45, 2.75) is 4.90 Å². The first kappa shape index (κ1) is 12.5. The van der Waals surface area contributed by atoms with Crippen LogP contribution in [0.2, 0.25) is 0 Å². The lowest BCUT2D eigenvalue weighted by Gasteiger charge is -2.05. The van der Waals surface area contributed by atoms with Gasteiger partial charge in [-0.3, -0.25) is 0 Å². The number of carboxylic acids is 1. The summed E-state index contributed by atoms with van der Waals surface area (Å²) in [6.45, 7) is 0. The summed E-state index contributed by atoms with van der Waals surface area (Å²) in [5.74, 6) is -1.34. The molecule has 92 valence electrons. The molecule has 0 aliphatic heterocycles. The highest BCUT2D eigenvalue weighted by Crippen LogP contribution is 2.27. The third-order valence-electron chi connectivity index (χ3n) is 2.65. The van der Waals surface area contributed by atoms with E-state index in [1.807, 2.05) is 30.5 Å². The van der Waals surface area contributed by atoms with Crippen LogP contribution in [0.15, 0.2) is 47.4 Å². The van der Waals surface area contributed by atoms with Gasteiger partial charge in [0.25, 0.3) is 0 Å².